The highest BCUT2D eigenvalue weighted by atomic mass is 79.9. The van der Waals surface area contributed by atoms with Gasteiger partial charge in [-0.25, -0.2) is 4.98 Å². The number of fused-ring (bicyclic) bond motifs is 2. The average Bonchev–Trinajstić information content (AvgIpc) is 3.39. The number of anilines is 1. The van der Waals surface area contributed by atoms with Crippen LogP contribution in [0.4, 0.5) is 5.82 Å². The summed E-state index contributed by atoms with van der Waals surface area (Å²) in [6, 6.07) is 16.7. The first kappa shape index (κ1) is 22.3. The lowest BCUT2D eigenvalue weighted by Gasteiger charge is -2.17. The summed E-state index contributed by atoms with van der Waals surface area (Å²) in [6.07, 6.45) is 12.4. The maximum absolute atomic E-state index is 6.11. The van der Waals surface area contributed by atoms with E-state index in [4.69, 9.17) is 9.40 Å². The summed E-state index contributed by atoms with van der Waals surface area (Å²) in [6.45, 7) is 0.689. The van der Waals surface area contributed by atoms with Gasteiger partial charge in [-0.2, -0.15) is 9.61 Å². The summed E-state index contributed by atoms with van der Waals surface area (Å²) >= 11 is 3.64. The number of furan rings is 1. The number of rotatable bonds is 6. The lowest BCUT2D eigenvalue weighted by molar-refractivity contribution is 0.411. The number of nitrogens with zero attached hydrogens (tertiary/aromatic N) is 4. The van der Waals surface area contributed by atoms with Crippen molar-refractivity contribution >= 4 is 38.4 Å². The molecule has 6 rings (SSSR count). The van der Waals surface area contributed by atoms with Crippen molar-refractivity contribution in [2.75, 3.05) is 5.32 Å². The third-order valence-electron chi connectivity index (χ3n) is 7.12. The van der Waals surface area contributed by atoms with E-state index in [2.05, 4.69) is 67.7 Å². The maximum Gasteiger partial charge on any atom is 0.171 e. The zero-order valence-corrected chi connectivity index (χ0v) is 21.1. The number of hydrogen-bond acceptors (Lipinski definition) is 5. The Balaban J connectivity index is 1.19. The Morgan fingerprint density at radius 3 is 2.86 bits per heavy atom. The van der Waals surface area contributed by atoms with E-state index in [0.717, 1.165) is 57.8 Å². The van der Waals surface area contributed by atoms with E-state index in [0.29, 0.717) is 18.4 Å². The van der Waals surface area contributed by atoms with Crippen molar-refractivity contribution in [3.05, 3.63) is 88.6 Å². The Hall–Kier alpha value is -3.19. The molecule has 4 heterocycles. The molecule has 0 amide bonds. The Kier molecular flexibility index (Phi) is 6.25. The van der Waals surface area contributed by atoms with E-state index in [1.165, 1.54) is 24.6 Å². The fourth-order valence-corrected chi connectivity index (χ4v) is 5.63. The summed E-state index contributed by atoms with van der Waals surface area (Å²) in [7, 11) is 0. The average molecular weight is 530 g/mol. The maximum atomic E-state index is 6.11. The summed E-state index contributed by atoms with van der Waals surface area (Å²) < 4.78 is 8.91. The minimum atomic E-state index is 0.446. The van der Waals surface area contributed by atoms with Crippen molar-refractivity contribution in [2.24, 2.45) is 5.92 Å². The lowest BCUT2D eigenvalue weighted by atomic mass is 9.93. The highest BCUT2D eigenvalue weighted by molar-refractivity contribution is 9.10. The summed E-state index contributed by atoms with van der Waals surface area (Å²) in [5.41, 5.74) is 4.13. The van der Waals surface area contributed by atoms with E-state index in [1.54, 1.807) is 6.20 Å². The highest BCUT2D eigenvalue weighted by Crippen LogP contribution is 2.37. The Morgan fingerprint density at radius 2 is 1.97 bits per heavy atom. The van der Waals surface area contributed by atoms with Crippen molar-refractivity contribution < 1.29 is 4.42 Å². The number of pyridine rings is 1. The normalized spacial score (nSPS) is 18.7. The molecule has 1 N–H and O–H groups in total. The van der Waals surface area contributed by atoms with Gasteiger partial charge in [0, 0.05) is 48.4 Å². The largest absolute Gasteiger partial charge is 0.461 e. The predicted molar refractivity (Wildman–Crippen MR) is 141 cm³/mol. The second-order valence-electron chi connectivity index (χ2n) is 9.53. The molecule has 5 aromatic rings. The van der Waals surface area contributed by atoms with Crippen LogP contribution in [0.1, 0.15) is 55.0 Å². The van der Waals surface area contributed by atoms with Gasteiger partial charge in [-0.05, 0) is 71.3 Å². The van der Waals surface area contributed by atoms with Crippen molar-refractivity contribution in [2.45, 2.75) is 51.0 Å². The van der Waals surface area contributed by atoms with Crippen molar-refractivity contribution in [3.8, 4) is 0 Å². The summed E-state index contributed by atoms with van der Waals surface area (Å²) in [5.74, 6) is 3.16. The van der Waals surface area contributed by atoms with Crippen LogP contribution in [0.25, 0.3) is 16.6 Å². The van der Waals surface area contributed by atoms with Gasteiger partial charge in [0.1, 0.15) is 17.2 Å². The molecule has 1 aromatic carbocycles. The van der Waals surface area contributed by atoms with Crippen LogP contribution in [0, 0.1) is 5.92 Å². The van der Waals surface area contributed by atoms with Gasteiger partial charge in [-0.1, -0.05) is 30.7 Å². The number of aromatic nitrogens is 4. The molecular weight excluding hydrogens is 502 g/mol. The number of halogens is 1. The van der Waals surface area contributed by atoms with Crippen molar-refractivity contribution in [1.29, 1.82) is 0 Å². The van der Waals surface area contributed by atoms with E-state index in [-0.39, 0.29) is 0 Å². The van der Waals surface area contributed by atoms with Crippen LogP contribution in [0.3, 0.4) is 0 Å². The molecule has 0 saturated heterocycles. The van der Waals surface area contributed by atoms with Crippen LogP contribution in [-0.4, -0.2) is 19.6 Å². The van der Waals surface area contributed by atoms with Gasteiger partial charge in [0.2, 0.25) is 0 Å². The molecule has 2 atom stereocenters. The van der Waals surface area contributed by atoms with E-state index < -0.39 is 0 Å². The highest BCUT2D eigenvalue weighted by Gasteiger charge is 2.24. The number of benzene rings is 1. The molecule has 178 valence electrons. The summed E-state index contributed by atoms with van der Waals surface area (Å²) in [5, 5.41) is 9.28. The molecule has 4 aromatic heterocycles. The number of nitrogens with one attached hydrogen (secondary N) is 1. The molecule has 2 unspecified atom stereocenters. The topological polar surface area (TPSA) is 68.2 Å². The minimum absolute atomic E-state index is 0.446. The Labute approximate surface area is 212 Å². The molecule has 1 aliphatic rings. The Morgan fingerprint density at radius 1 is 1.03 bits per heavy atom. The zero-order chi connectivity index (χ0) is 23.6. The molecule has 1 fully saturated rings. The standard InChI is InChI=1S/C28H28BrN5O/c29-24-18-32-34-27(31-17-20-6-4-12-30-16-20)15-25(33-28(24)34)21-8-3-5-19(10-11-21)13-23-14-22-7-1-2-9-26(22)35-23/h1-2,4,6-7,9,12,14-16,18-19,21,31H,3,5,8,10-11,13,17H2. The van der Waals surface area contributed by atoms with Crippen molar-refractivity contribution in [3.63, 3.8) is 0 Å². The Bertz CT molecular complexity index is 1410. The van der Waals surface area contributed by atoms with Gasteiger partial charge in [0.05, 0.1) is 10.7 Å². The first-order valence-electron chi connectivity index (χ1n) is 12.4. The second kappa shape index (κ2) is 9.82. The molecule has 35 heavy (non-hydrogen) atoms. The quantitative estimate of drug-likeness (QED) is 0.236. The van der Waals surface area contributed by atoms with Crippen LogP contribution in [0.2, 0.25) is 0 Å². The molecule has 0 spiro atoms. The fraction of sp³-hybridized carbons (Fsp3) is 0.321. The first-order chi connectivity index (χ1) is 17.2. The molecule has 6 nitrogen and oxygen atoms in total. The minimum Gasteiger partial charge on any atom is -0.461 e. The van der Waals surface area contributed by atoms with Crippen LogP contribution in [-0.2, 0) is 13.0 Å². The molecule has 1 saturated carbocycles. The van der Waals surface area contributed by atoms with Crippen LogP contribution >= 0.6 is 15.9 Å². The van der Waals surface area contributed by atoms with Gasteiger partial charge in [0.15, 0.2) is 5.65 Å². The summed E-state index contributed by atoms with van der Waals surface area (Å²) in [4.78, 5) is 9.26. The zero-order valence-electron chi connectivity index (χ0n) is 19.5. The van der Waals surface area contributed by atoms with Gasteiger partial charge in [-0.3, -0.25) is 4.98 Å². The van der Waals surface area contributed by atoms with Crippen LogP contribution in [0.5, 0.6) is 0 Å². The molecular formula is C28H28BrN5O. The SMILES string of the molecule is Brc1cnn2c(NCc3cccnc3)cc(C3CCCC(Cc4cc5ccccc5o4)CC3)nc12. The van der Waals surface area contributed by atoms with Crippen LogP contribution in [0.15, 0.2) is 76.0 Å². The number of para-hydroxylation sites is 1. The lowest BCUT2D eigenvalue weighted by Crippen LogP contribution is -2.10. The molecule has 1 aliphatic carbocycles. The van der Waals surface area contributed by atoms with Gasteiger partial charge >= 0.3 is 0 Å². The molecule has 7 heteroatoms. The van der Waals surface area contributed by atoms with E-state index in [9.17, 15) is 0 Å². The second-order valence-corrected chi connectivity index (χ2v) is 10.4. The number of hydrogen-bond donors (Lipinski definition) is 1. The molecule has 0 bridgehead atoms. The van der Waals surface area contributed by atoms with E-state index in [1.807, 2.05) is 29.0 Å². The van der Waals surface area contributed by atoms with E-state index >= 15 is 0 Å². The first-order valence-corrected chi connectivity index (χ1v) is 13.2. The van der Waals surface area contributed by atoms with Gasteiger partial charge in [-0.15, -0.1) is 0 Å². The molecule has 0 radical (unpaired) electrons. The van der Waals surface area contributed by atoms with Gasteiger partial charge in [0.25, 0.3) is 0 Å². The fourth-order valence-electron chi connectivity index (χ4n) is 5.29. The third-order valence-corrected chi connectivity index (χ3v) is 7.68. The monoisotopic (exact) mass is 529 g/mol. The smallest absolute Gasteiger partial charge is 0.171 e. The van der Waals surface area contributed by atoms with Gasteiger partial charge < -0.3 is 9.73 Å². The van der Waals surface area contributed by atoms with Crippen molar-refractivity contribution in [1.82, 2.24) is 19.6 Å². The third kappa shape index (κ3) is 4.82. The van der Waals surface area contributed by atoms with Crippen LogP contribution < -0.4 is 5.32 Å². The predicted octanol–water partition coefficient (Wildman–Crippen LogP) is 7.15. The molecule has 0 aliphatic heterocycles.